The summed E-state index contributed by atoms with van der Waals surface area (Å²) >= 11 is 3.46. The van der Waals surface area contributed by atoms with Gasteiger partial charge < -0.3 is 20.7 Å². The third-order valence-corrected chi connectivity index (χ3v) is 5.79. The van der Waals surface area contributed by atoms with Gasteiger partial charge in [-0.3, -0.25) is 4.79 Å². The molecule has 30 heavy (non-hydrogen) atoms. The molecule has 2 aromatic rings. The normalized spacial score (nSPS) is 15.5. The average Bonchev–Trinajstić information content (AvgIpc) is 2.73. The molecular formula is C23H28BrN3O3. The lowest BCUT2D eigenvalue weighted by atomic mass is 9.73. The molecule has 3 N–H and O–H groups in total. The van der Waals surface area contributed by atoms with Gasteiger partial charge in [-0.1, -0.05) is 40.2 Å². The third kappa shape index (κ3) is 5.61. The van der Waals surface area contributed by atoms with Gasteiger partial charge in [0, 0.05) is 36.0 Å². The highest BCUT2D eigenvalue weighted by Crippen LogP contribution is 2.36. The summed E-state index contributed by atoms with van der Waals surface area (Å²) in [6.45, 7) is 5.39. The molecule has 0 saturated carbocycles. The van der Waals surface area contributed by atoms with E-state index in [0.29, 0.717) is 38.3 Å². The zero-order valence-corrected chi connectivity index (χ0v) is 18.9. The lowest BCUT2D eigenvalue weighted by Gasteiger charge is -2.36. The van der Waals surface area contributed by atoms with E-state index in [4.69, 9.17) is 4.74 Å². The smallest absolute Gasteiger partial charge is 0.319 e. The molecular weight excluding hydrogens is 446 g/mol. The molecule has 0 unspecified atom stereocenters. The molecule has 1 fully saturated rings. The maximum Gasteiger partial charge on any atom is 0.319 e. The van der Waals surface area contributed by atoms with E-state index >= 15 is 0 Å². The Balaban J connectivity index is 1.64. The summed E-state index contributed by atoms with van der Waals surface area (Å²) in [5, 5.41) is 8.68. The topological polar surface area (TPSA) is 79.5 Å². The second-order valence-corrected chi connectivity index (χ2v) is 8.75. The van der Waals surface area contributed by atoms with E-state index in [1.807, 2.05) is 62.4 Å². The minimum absolute atomic E-state index is 0.0200. The fourth-order valence-electron chi connectivity index (χ4n) is 3.62. The van der Waals surface area contributed by atoms with Crippen LogP contribution in [0.2, 0.25) is 0 Å². The number of carbonyl (C=O) groups is 2. The highest BCUT2D eigenvalue weighted by atomic mass is 79.9. The molecule has 0 bridgehead atoms. The van der Waals surface area contributed by atoms with Gasteiger partial charge in [0.1, 0.15) is 0 Å². The monoisotopic (exact) mass is 473 g/mol. The molecule has 0 aromatic heterocycles. The summed E-state index contributed by atoms with van der Waals surface area (Å²) in [7, 11) is 0. The summed E-state index contributed by atoms with van der Waals surface area (Å²) in [4.78, 5) is 25.0. The number of amides is 3. The number of anilines is 1. The first-order valence-electron chi connectivity index (χ1n) is 10.2. The molecule has 0 aliphatic carbocycles. The van der Waals surface area contributed by atoms with Crippen LogP contribution in [0.4, 0.5) is 10.5 Å². The zero-order chi connectivity index (χ0) is 21.6. The number of urea groups is 1. The molecule has 1 aliphatic heterocycles. The van der Waals surface area contributed by atoms with Gasteiger partial charge in [-0.25, -0.2) is 4.79 Å². The lowest BCUT2D eigenvalue weighted by Crippen LogP contribution is -2.47. The molecule has 2 aromatic carbocycles. The molecule has 3 amide bonds. The Morgan fingerprint density at radius 1 is 1.03 bits per heavy atom. The lowest BCUT2D eigenvalue weighted by molar-refractivity contribution is -0.130. The van der Waals surface area contributed by atoms with Crippen molar-refractivity contribution in [2.75, 3.05) is 18.5 Å². The van der Waals surface area contributed by atoms with Crippen LogP contribution < -0.4 is 16.0 Å². The van der Waals surface area contributed by atoms with Crippen LogP contribution in [-0.4, -0.2) is 31.2 Å². The number of halogens is 1. The number of hydrogen-bond donors (Lipinski definition) is 3. The van der Waals surface area contributed by atoms with Crippen LogP contribution in [0.15, 0.2) is 53.0 Å². The summed E-state index contributed by atoms with van der Waals surface area (Å²) in [6.07, 6.45) is 1.32. The Kier molecular flexibility index (Phi) is 7.50. The molecule has 3 rings (SSSR count). The maximum atomic E-state index is 13.3. The Bertz CT molecular complexity index is 860. The van der Waals surface area contributed by atoms with Crippen LogP contribution in [0.25, 0.3) is 0 Å². The first-order valence-corrected chi connectivity index (χ1v) is 11.0. The first kappa shape index (κ1) is 22.3. The highest BCUT2D eigenvalue weighted by Gasteiger charge is 2.41. The van der Waals surface area contributed by atoms with Gasteiger partial charge in [0.05, 0.1) is 5.41 Å². The predicted octanol–water partition coefficient (Wildman–Crippen LogP) is 4.34. The van der Waals surface area contributed by atoms with Gasteiger partial charge in [0.15, 0.2) is 0 Å². The largest absolute Gasteiger partial charge is 0.381 e. The van der Waals surface area contributed by atoms with Crippen molar-refractivity contribution in [1.29, 1.82) is 0 Å². The summed E-state index contributed by atoms with van der Waals surface area (Å²) in [5.41, 5.74) is 2.12. The van der Waals surface area contributed by atoms with Crippen LogP contribution in [0.1, 0.15) is 37.8 Å². The summed E-state index contributed by atoms with van der Waals surface area (Å²) in [6, 6.07) is 15.3. The van der Waals surface area contributed by atoms with Crippen molar-refractivity contribution in [3.8, 4) is 0 Å². The Labute approximate surface area is 185 Å². The fourth-order valence-corrected chi connectivity index (χ4v) is 3.89. The first-order chi connectivity index (χ1) is 14.4. The molecule has 160 valence electrons. The van der Waals surface area contributed by atoms with E-state index in [-0.39, 0.29) is 18.0 Å². The number of benzene rings is 2. The molecule has 1 heterocycles. The van der Waals surface area contributed by atoms with Crippen LogP contribution in [0, 0.1) is 0 Å². The quantitative estimate of drug-likeness (QED) is 0.583. The van der Waals surface area contributed by atoms with Crippen molar-refractivity contribution in [3.63, 3.8) is 0 Å². The van der Waals surface area contributed by atoms with Crippen molar-refractivity contribution in [2.45, 2.75) is 44.7 Å². The SMILES string of the molecule is CC(C)NC(=O)Nc1ccc(CNC(=O)C2(c3ccc(Br)cc3)CCOCC2)cc1. The van der Waals surface area contributed by atoms with E-state index in [1.165, 1.54) is 0 Å². The number of nitrogens with one attached hydrogen (secondary N) is 3. The molecule has 6 nitrogen and oxygen atoms in total. The highest BCUT2D eigenvalue weighted by molar-refractivity contribution is 9.10. The van der Waals surface area contributed by atoms with E-state index in [1.54, 1.807) is 0 Å². The minimum Gasteiger partial charge on any atom is -0.381 e. The van der Waals surface area contributed by atoms with Crippen LogP contribution in [0.3, 0.4) is 0 Å². The van der Waals surface area contributed by atoms with Crippen LogP contribution in [-0.2, 0) is 21.5 Å². The van der Waals surface area contributed by atoms with Gasteiger partial charge in [0.25, 0.3) is 0 Å². The Morgan fingerprint density at radius 3 is 2.27 bits per heavy atom. The number of ether oxygens (including phenoxy) is 1. The van der Waals surface area contributed by atoms with Gasteiger partial charge in [-0.2, -0.15) is 0 Å². The third-order valence-electron chi connectivity index (χ3n) is 5.26. The molecule has 7 heteroatoms. The van der Waals surface area contributed by atoms with Gasteiger partial charge in [-0.15, -0.1) is 0 Å². The van der Waals surface area contributed by atoms with Crippen molar-refractivity contribution in [3.05, 3.63) is 64.1 Å². The average molecular weight is 474 g/mol. The summed E-state index contributed by atoms with van der Waals surface area (Å²) < 4.78 is 6.51. The molecule has 1 saturated heterocycles. The second-order valence-electron chi connectivity index (χ2n) is 7.83. The second kappa shape index (κ2) is 10.1. The molecule has 1 aliphatic rings. The van der Waals surface area contributed by atoms with Crippen LogP contribution in [0.5, 0.6) is 0 Å². The van der Waals surface area contributed by atoms with Gasteiger partial charge in [-0.05, 0) is 62.1 Å². The Hall–Kier alpha value is -2.38. The van der Waals surface area contributed by atoms with Crippen molar-refractivity contribution in [1.82, 2.24) is 10.6 Å². The minimum atomic E-state index is -0.574. The predicted molar refractivity (Wildman–Crippen MR) is 121 cm³/mol. The van der Waals surface area contributed by atoms with Crippen LogP contribution >= 0.6 is 15.9 Å². The van der Waals surface area contributed by atoms with Crippen molar-refractivity contribution >= 4 is 33.6 Å². The molecule has 0 radical (unpaired) electrons. The number of hydrogen-bond acceptors (Lipinski definition) is 3. The van der Waals surface area contributed by atoms with Crippen molar-refractivity contribution in [2.24, 2.45) is 0 Å². The Morgan fingerprint density at radius 2 is 1.67 bits per heavy atom. The van der Waals surface area contributed by atoms with E-state index in [9.17, 15) is 9.59 Å². The van der Waals surface area contributed by atoms with E-state index in [2.05, 4.69) is 31.9 Å². The van der Waals surface area contributed by atoms with Gasteiger partial charge in [0.2, 0.25) is 5.91 Å². The van der Waals surface area contributed by atoms with E-state index in [0.717, 1.165) is 15.6 Å². The van der Waals surface area contributed by atoms with Crippen molar-refractivity contribution < 1.29 is 14.3 Å². The fraction of sp³-hybridized carbons (Fsp3) is 0.391. The summed E-state index contributed by atoms with van der Waals surface area (Å²) in [5.74, 6) is 0.0200. The zero-order valence-electron chi connectivity index (χ0n) is 17.3. The molecule has 0 atom stereocenters. The van der Waals surface area contributed by atoms with Gasteiger partial charge >= 0.3 is 6.03 Å². The number of rotatable bonds is 6. The maximum absolute atomic E-state index is 13.3. The number of carbonyl (C=O) groups excluding carboxylic acids is 2. The standard InChI is InChI=1S/C23H28BrN3O3/c1-16(2)26-22(29)27-20-9-3-17(4-10-20)15-25-21(28)23(11-13-30-14-12-23)18-5-7-19(24)8-6-18/h3-10,16H,11-15H2,1-2H3,(H,25,28)(H2,26,27,29). The molecule has 0 spiro atoms. The van der Waals surface area contributed by atoms with E-state index < -0.39 is 5.41 Å².